The lowest BCUT2D eigenvalue weighted by Crippen LogP contribution is -2.11. The standard InChI is InChI=1S/C19H9ClF6N3O2S3/c1-29-15(19(24,25)26)6-12(28-29)14-4-9(8-32-14)13-2-3-16(33-13)34(30,31)17-11(20)5-10(7-27-17)18(21,22)23/h2-7H,1H3. The number of rotatable bonds is 4. The number of sulfone groups is 1. The zero-order valence-electron chi connectivity index (χ0n) is 16.5. The van der Waals surface area contributed by atoms with Crippen molar-refractivity contribution in [3.8, 4) is 21.0 Å². The highest BCUT2D eigenvalue weighted by Crippen LogP contribution is 2.40. The molecule has 4 heterocycles. The molecule has 0 saturated heterocycles. The second-order valence-electron chi connectivity index (χ2n) is 6.79. The minimum atomic E-state index is -4.74. The number of aryl methyl sites for hydroxylation is 1. The van der Waals surface area contributed by atoms with Crippen LogP contribution in [0.4, 0.5) is 26.3 Å². The molecule has 4 rings (SSSR count). The Balaban J connectivity index is 1.64. The summed E-state index contributed by atoms with van der Waals surface area (Å²) < 4.78 is 104. The second kappa shape index (κ2) is 8.36. The normalized spacial score (nSPS) is 12.9. The van der Waals surface area contributed by atoms with Crippen LogP contribution in [0, 0.1) is 5.38 Å². The van der Waals surface area contributed by atoms with Crippen molar-refractivity contribution in [2.75, 3.05) is 0 Å². The van der Waals surface area contributed by atoms with E-state index in [9.17, 15) is 34.8 Å². The molecule has 4 aromatic heterocycles. The minimum Gasteiger partial charge on any atom is -0.263 e. The second-order valence-corrected chi connectivity index (χ2v) is 11.2. The lowest BCUT2D eigenvalue weighted by Gasteiger charge is -2.08. The summed E-state index contributed by atoms with van der Waals surface area (Å²) in [4.78, 5) is 4.20. The van der Waals surface area contributed by atoms with Gasteiger partial charge in [0.05, 0.1) is 20.8 Å². The quantitative estimate of drug-likeness (QED) is 0.266. The van der Waals surface area contributed by atoms with E-state index in [-0.39, 0.29) is 9.90 Å². The van der Waals surface area contributed by atoms with Crippen molar-refractivity contribution in [2.24, 2.45) is 7.05 Å². The Morgan fingerprint density at radius 1 is 1.03 bits per heavy atom. The van der Waals surface area contributed by atoms with Gasteiger partial charge in [-0.15, -0.1) is 22.7 Å². The molecule has 0 N–H and O–H groups in total. The number of aromatic nitrogens is 3. The SMILES string of the molecule is Cn1nc(-c2cc(-c3ccc(S(=O)(=O)c4ncc(C(F)(F)F)cc4Cl)s3)[c]s2)cc1C(F)(F)F. The first-order chi connectivity index (χ1) is 15.7. The summed E-state index contributed by atoms with van der Waals surface area (Å²) in [6.07, 6.45) is -8.93. The number of pyridine rings is 1. The first-order valence-electron chi connectivity index (χ1n) is 8.89. The highest BCUT2D eigenvalue weighted by Gasteiger charge is 2.36. The summed E-state index contributed by atoms with van der Waals surface area (Å²) in [5.41, 5.74) is -1.63. The van der Waals surface area contributed by atoms with Crippen molar-refractivity contribution in [1.82, 2.24) is 14.8 Å². The fourth-order valence-corrected chi connectivity index (χ4v) is 6.79. The molecular formula is C19H9ClF6N3O2S3. The summed E-state index contributed by atoms with van der Waals surface area (Å²) in [5.74, 6) is 0. The highest BCUT2D eigenvalue weighted by molar-refractivity contribution is 7.93. The van der Waals surface area contributed by atoms with E-state index in [2.05, 4.69) is 15.5 Å². The van der Waals surface area contributed by atoms with Crippen LogP contribution >= 0.6 is 34.3 Å². The maximum atomic E-state index is 13.0. The molecule has 5 nitrogen and oxygen atoms in total. The number of hydrogen-bond acceptors (Lipinski definition) is 6. The van der Waals surface area contributed by atoms with Crippen LogP contribution in [-0.4, -0.2) is 23.2 Å². The van der Waals surface area contributed by atoms with Crippen molar-refractivity contribution >= 4 is 44.1 Å². The Bertz CT molecular complexity index is 1490. The van der Waals surface area contributed by atoms with Crippen LogP contribution in [0.5, 0.6) is 0 Å². The van der Waals surface area contributed by atoms with Crippen molar-refractivity contribution in [2.45, 2.75) is 21.6 Å². The summed E-state index contributed by atoms with van der Waals surface area (Å²) in [5, 5.41) is 5.35. The maximum Gasteiger partial charge on any atom is 0.433 e. The first-order valence-corrected chi connectivity index (χ1v) is 12.4. The van der Waals surface area contributed by atoms with E-state index in [1.165, 1.54) is 25.2 Å². The van der Waals surface area contributed by atoms with Crippen LogP contribution in [0.2, 0.25) is 5.02 Å². The molecule has 0 aliphatic heterocycles. The van der Waals surface area contributed by atoms with Crippen molar-refractivity contribution in [3.63, 3.8) is 0 Å². The van der Waals surface area contributed by atoms with E-state index in [1.54, 1.807) is 0 Å². The molecule has 0 spiro atoms. The fourth-order valence-electron chi connectivity index (χ4n) is 2.88. The van der Waals surface area contributed by atoms with E-state index in [0.717, 1.165) is 28.7 Å². The van der Waals surface area contributed by atoms with E-state index >= 15 is 0 Å². The monoisotopic (exact) mass is 556 g/mol. The molecule has 0 aromatic carbocycles. The van der Waals surface area contributed by atoms with Gasteiger partial charge in [0.15, 0.2) is 5.03 Å². The van der Waals surface area contributed by atoms with E-state index in [0.29, 0.717) is 32.3 Å². The van der Waals surface area contributed by atoms with Crippen LogP contribution < -0.4 is 0 Å². The molecular weight excluding hydrogens is 548 g/mol. The van der Waals surface area contributed by atoms with Gasteiger partial charge in [-0.2, -0.15) is 31.4 Å². The molecule has 34 heavy (non-hydrogen) atoms. The molecule has 0 unspecified atom stereocenters. The Hall–Kier alpha value is -2.42. The molecule has 0 aliphatic carbocycles. The van der Waals surface area contributed by atoms with Crippen molar-refractivity contribution < 1.29 is 34.8 Å². The number of nitrogens with zero attached hydrogens (tertiary/aromatic N) is 3. The summed E-state index contributed by atoms with van der Waals surface area (Å²) in [6.45, 7) is 0. The van der Waals surface area contributed by atoms with Crippen LogP contribution in [0.25, 0.3) is 21.0 Å². The number of thiophene rings is 2. The molecule has 179 valence electrons. The smallest absolute Gasteiger partial charge is 0.263 e. The third-order valence-corrected chi connectivity index (χ3v) is 9.06. The van der Waals surface area contributed by atoms with Gasteiger partial charge in [-0.05, 0) is 30.3 Å². The van der Waals surface area contributed by atoms with Gasteiger partial charge < -0.3 is 0 Å². The van der Waals surface area contributed by atoms with E-state index < -0.39 is 43.5 Å². The van der Waals surface area contributed by atoms with Crippen LogP contribution in [-0.2, 0) is 29.2 Å². The zero-order chi connectivity index (χ0) is 25.1. The molecule has 0 saturated carbocycles. The molecule has 4 aromatic rings. The van der Waals surface area contributed by atoms with E-state index in [1.807, 2.05) is 0 Å². The fraction of sp³-hybridized carbons (Fsp3) is 0.158. The lowest BCUT2D eigenvalue weighted by atomic mass is 10.2. The summed E-state index contributed by atoms with van der Waals surface area (Å²) in [7, 11) is -3.16. The Labute approximate surface area is 201 Å². The summed E-state index contributed by atoms with van der Waals surface area (Å²) >= 11 is 7.57. The Morgan fingerprint density at radius 2 is 1.74 bits per heavy atom. The number of alkyl halides is 6. The predicted octanol–water partition coefficient (Wildman–Crippen LogP) is 6.60. The third-order valence-electron chi connectivity index (χ3n) is 4.47. The molecule has 0 bridgehead atoms. The van der Waals surface area contributed by atoms with Crippen LogP contribution in [0.15, 0.2) is 45.8 Å². The van der Waals surface area contributed by atoms with Gasteiger partial charge in [0, 0.05) is 23.7 Å². The lowest BCUT2D eigenvalue weighted by molar-refractivity contribution is -0.143. The van der Waals surface area contributed by atoms with E-state index in [4.69, 9.17) is 11.6 Å². The topological polar surface area (TPSA) is 64.8 Å². The predicted molar refractivity (Wildman–Crippen MR) is 113 cm³/mol. The zero-order valence-corrected chi connectivity index (χ0v) is 19.7. The first kappa shape index (κ1) is 24.7. The van der Waals surface area contributed by atoms with Crippen LogP contribution in [0.3, 0.4) is 0 Å². The van der Waals surface area contributed by atoms with Crippen molar-refractivity contribution in [3.05, 3.63) is 58.2 Å². The largest absolute Gasteiger partial charge is 0.433 e. The molecule has 0 amide bonds. The van der Waals surface area contributed by atoms with Gasteiger partial charge in [-0.1, -0.05) is 11.6 Å². The molecule has 0 atom stereocenters. The number of halogens is 7. The maximum absolute atomic E-state index is 13.0. The molecule has 15 heteroatoms. The third kappa shape index (κ3) is 4.59. The molecule has 0 aliphatic rings. The Kier molecular flexibility index (Phi) is 6.07. The highest BCUT2D eigenvalue weighted by atomic mass is 35.5. The van der Waals surface area contributed by atoms with Gasteiger partial charge in [0.2, 0.25) is 9.84 Å². The summed E-state index contributed by atoms with van der Waals surface area (Å²) in [6, 6.07) is 5.57. The molecule has 0 fully saturated rings. The van der Waals surface area contributed by atoms with Crippen molar-refractivity contribution in [1.29, 1.82) is 0 Å². The molecule has 1 radical (unpaired) electrons. The Morgan fingerprint density at radius 3 is 2.32 bits per heavy atom. The van der Waals surface area contributed by atoms with Gasteiger partial charge in [-0.25, -0.2) is 13.4 Å². The van der Waals surface area contributed by atoms with Gasteiger partial charge >= 0.3 is 12.4 Å². The average Bonchev–Trinajstić information content (AvgIpc) is 3.45. The minimum absolute atomic E-state index is 0.0764. The van der Waals surface area contributed by atoms with Gasteiger partial charge in [-0.3, -0.25) is 4.68 Å². The van der Waals surface area contributed by atoms with Gasteiger partial charge in [0.25, 0.3) is 0 Å². The van der Waals surface area contributed by atoms with Gasteiger partial charge in [0.1, 0.15) is 15.6 Å². The number of hydrogen-bond donors (Lipinski definition) is 0. The van der Waals surface area contributed by atoms with Crippen LogP contribution in [0.1, 0.15) is 11.3 Å². The average molecular weight is 557 g/mol.